The lowest BCUT2D eigenvalue weighted by Gasteiger charge is -2.32. The molecule has 1 aromatic heterocycles. The average Bonchev–Trinajstić information content (AvgIpc) is 2.96. The maximum Gasteiger partial charge on any atom is 0.341 e. The number of morpholine rings is 1. The van der Waals surface area contributed by atoms with E-state index in [4.69, 9.17) is 9.47 Å². The first-order chi connectivity index (χ1) is 12.5. The Labute approximate surface area is 158 Å². The highest BCUT2D eigenvalue weighted by Crippen LogP contribution is 2.38. The van der Waals surface area contributed by atoms with Gasteiger partial charge in [-0.1, -0.05) is 0 Å². The van der Waals surface area contributed by atoms with E-state index in [-0.39, 0.29) is 24.1 Å². The van der Waals surface area contributed by atoms with Gasteiger partial charge in [0.15, 0.2) is 0 Å². The predicted octanol–water partition coefficient (Wildman–Crippen LogP) is 1.43. The Balaban J connectivity index is 1.64. The fourth-order valence-corrected chi connectivity index (χ4v) is 5.34. The molecule has 2 heterocycles. The van der Waals surface area contributed by atoms with E-state index < -0.39 is 0 Å². The van der Waals surface area contributed by atoms with Gasteiger partial charge in [-0.3, -0.25) is 4.79 Å². The third-order valence-corrected chi connectivity index (χ3v) is 6.34. The van der Waals surface area contributed by atoms with Crippen LogP contribution >= 0.6 is 11.3 Å². The van der Waals surface area contributed by atoms with E-state index in [0.29, 0.717) is 17.0 Å². The van der Waals surface area contributed by atoms with E-state index in [9.17, 15) is 9.59 Å². The molecule has 1 fully saturated rings. The summed E-state index contributed by atoms with van der Waals surface area (Å²) in [6.45, 7) is 6.79. The van der Waals surface area contributed by atoms with Crippen molar-refractivity contribution >= 4 is 28.2 Å². The minimum atomic E-state index is -0.346. The van der Waals surface area contributed by atoms with Crippen LogP contribution in [0.25, 0.3) is 0 Å². The first-order valence-corrected chi connectivity index (χ1v) is 10.3. The van der Waals surface area contributed by atoms with Crippen molar-refractivity contribution < 1.29 is 24.0 Å². The third-order valence-electron chi connectivity index (χ3n) is 5.14. The maximum atomic E-state index is 12.5. The van der Waals surface area contributed by atoms with Gasteiger partial charge in [0.2, 0.25) is 5.91 Å². The first-order valence-electron chi connectivity index (χ1n) is 9.49. The summed E-state index contributed by atoms with van der Waals surface area (Å²) in [6.07, 6.45) is 4.99. The smallest absolute Gasteiger partial charge is 0.341 e. The van der Waals surface area contributed by atoms with E-state index in [1.807, 2.05) is 0 Å². The highest BCUT2D eigenvalue weighted by molar-refractivity contribution is 7.17. The van der Waals surface area contributed by atoms with Crippen LogP contribution in [0.2, 0.25) is 0 Å². The Kier molecular flexibility index (Phi) is 6.32. The number of hydrogen-bond donors (Lipinski definition) is 2. The predicted molar refractivity (Wildman–Crippen MR) is 101 cm³/mol. The Morgan fingerprint density at radius 1 is 1.23 bits per heavy atom. The van der Waals surface area contributed by atoms with Crippen LogP contribution in [-0.4, -0.2) is 50.8 Å². The molecule has 26 heavy (non-hydrogen) atoms. The number of aryl methyl sites for hydroxylation is 1. The molecule has 0 radical (unpaired) electrons. The molecule has 1 saturated heterocycles. The summed E-state index contributed by atoms with van der Waals surface area (Å²) in [6, 6.07) is 0. The van der Waals surface area contributed by atoms with Crippen LogP contribution in [0.5, 0.6) is 0 Å². The topological polar surface area (TPSA) is 69.1 Å². The lowest BCUT2D eigenvalue weighted by atomic mass is 9.95. The highest BCUT2D eigenvalue weighted by atomic mass is 32.1. The van der Waals surface area contributed by atoms with E-state index in [2.05, 4.69) is 19.2 Å². The Hall–Kier alpha value is -1.44. The van der Waals surface area contributed by atoms with Gasteiger partial charge in [-0.05, 0) is 45.1 Å². The molecule has 6 nitrogen and oxygen atoms in total. The van der Waals surface area contributed by atoms with Crippen molar-refractivity contribution in [2.45, 2.75) is 58.2 Å². The van der Waals surface area contributed by atoms with E-state index in [0.717, 1.165) is 50.9 Å². The van der Waals surface area contributed by atoms with E-state index in [1.165, 1.54) is 28.2 Å². The number of nitrogens with one attached hydrogen (secondary N) is 2. The molecule has 1 aromatic rings. The molecule has 1 amide bonds. The molecule has 2 aliphatic rings. The minimum absolute atomic E-state index is 0.0342. The normalized spacial score (nSPS) is 25.4. The second-order valence-corrected chi connectivity index (χ2v) is 8.48. The van der Waals surface area contributed by atoms with Gasteiger partial charge < -0.3 is 19.7 Å². The summed E-state index contributed by atoms with van der Waals surface area (Å²) >= 11 is 1.54. The molecule has 0 aromatic carbocycles. The molecule has 0 saturated carbocycles. The largest absolute Gasteiger partial charge is 0.465 e. The summed E-state index contributed by atoms with van der Waals surface area (Å²) in [4.78, 5) is 27.3. The van der Waals surface area contributed by atoms with Gasteiger partial charge in [0.1, 0.15) is 30.3 Å². The van der Waals surface area contributed by atoms with Crippen LogP contribution in [0.4, 0.5) is 5.00 Å². The fraction of sp³-hybridized carbons (Fsp3) is 0.684. The Bertz CT molecular complexity index is 663. The standard InChI is InChI=1S/C19H28N2O4S/c1-12-10-21(11-13(2)25-12)9-8-16(22)20-18-17(19(23)24-3)14-6-4-5-7-15(14)26-18/h12-13H,4-11H2,1-3H3,(H,20,22)/p+1/t12-,13-/m0/s1. The van der Waals surface area contributed by atoms with E-state index >= 15 is 0 Å². The number of rotatable bonds is 5. The van der Waals surface area contributed by atoms with Crippen LogP contribution < -0.4 is 10.2 Å². The third kappa shape index (κ3) is 4.45. The number of fused-ring (bicyclic) bond motifs is 1. The molecule has 0 bridgehead atoms. The van der Waals surface area contributed by atoms with Crippen molar-refractivity contribution in [1.82, 2.24) is 0 Å². The van der Waals surface area contributed by atoms with Gasteiger partial charge >= 0.3 is 5.97 Å². The SMILES string of the molecule is COC(=O)c1c(NC(=O)CC[NH+]2C[C@H](C)O[C@@H](C)C2)sc2c1CCCC2. The summed E-state index contributed by atoms with van der Waals surface area (Å²) in [5.74, 6) is -0.380. The Morgan fingerprint density at radius 2 is 1.92 bits per heavy atom. The van der Waals surface area contributed by atoms with Gasteiger partial charge in [0.05, 0.1) is 25.6 Å². The number of quaternary nitrogens is 1. The number of methoxy groups -OCH3 is 1. The molecule has 2 N–H and O–H groups in total. The van der Waals surface area contributed by atoms with Crippen LogP contribution in [-0.2, 0) is 27.1 Å². The van der Waals surface area contributed by atoms with Crippen LogP contribution in [0.15, 0.2) is 0 Å². The van der Waals surface area contributed by atoms with Crippen molar-refractivity contribution in [3.63, 3.8) is 0 Å². The number of hydrogen-bond acceptors (Lipinski definition) is 5. The molecule has 2 atom stereocenters. The minimum Gasteiger partial charge on any atom is -0.465 e. The first kappa shape index (κ1) is 19.3. The zero-order chi connectivity index (χ0) is 18.7. The summed E-state index contributed by atoms with van der Waals surface area (Å²) in [7, 11) is 1.39. The van der Waals surface area contributed by atoms with Crippen LogP contribution in [0, 0.1) is 0 Å². The summed E-state index contributed by atoms with van der Waals surface area (Å²) in [5, 5.41) is 3.64. The molecular formula is C19H29N2O4S+. The van der Waals surface area contributed by atoms with Gasteiger partial charge in [0, 0.05) is 4.88 Å². The van der Waals surface area contributed by atoms with E-state index in [1.54, 1.807) is 0 Å². The molecule has 1 aliphatic heterocycles. The molecule has 3 rings (SSSR count). The number of carbonyl (C=O) groups excluding carboxylic acids is 2. The van der Waals surface area contributed by atoms with Crippen molar-refractivity contribution in [3.8, 4) is 0 Å². The molecule has 0 spiro atoms. The number of anilines is 1. The number of ether oxygens (including phenoxy) is 2. The molecule has 0 unspecified atom stereocenters. The number of esters is 1. The van der Waals surface area contributed by atoms with Gasteiger partial charge in [-0.15, -0.1) is 11.3 Å². The quantitative estimate of drug-likeness (QED) is 0.757. The van der Waals surface area contributed by atoms with Gasteiger partial charge in [-0.2, -0.15) is 0 Å². The molecule has 144 valence electrons. The van der Waals surface area contributed by atoms with Crippen molar-refractivity contribution in [2.75, 3.05) is 32.1 Å². The molecule has 1 aliphatic carbocycles. The summed E-state index contributed by atoms with van der Waals surface area (Å²) in [5.41, 5.74) is 1.64. The van der Waals surface area contributed by atoms with Gasteiger partial charge in [0.25, 0.3) is 0 Å². The zero-order valence-electron chi connectivity index (χ0n) is 15.9. The van der Waals surface area contributed by atoms with Crippen molar-refractivity contribution in [1.29, 1.82) is 0 Å². The fourth-order valence-electron chi connectivity index (χ4n) is 4.04. The van der Waals surface area contributed by atoms with Crippen LogP contribution in [0.3, 0.4) is 0 Å². The van der Waals surface area contributed by atoms with Crippen LogP contribution in [0.1, 0.15) is 53.9 Å². The zero-order valence-corrected chi connectivity index (χ0v) is 16.7. The van der Waals surface area contributed by atoms with Crippen molar-refractivity contribution in [2.24, 2.45) is 0 Å². The number of carbonyl (C=O) groups is 2. The summed E-state index contributed by atoms with van der Waals surface area (Å²) < 4.78 is 10.7. The highest BCUT2D eigenvalue weighted by Gasteiger charge is 2.28. The second-order valence-electron chi connectivity index (χ2n) is 7.37. The number of amides is 1. The van der Waals surface area contributed by atoms with Gasteiger partial charge in [-0.25, -0.2) is 4.79 Å². The molecule has 7 heteroatoms. The average molecular weight is 382 g/mol. The van der Waals surface area contributed by atoms with Crippen molar-refractivity contribution in [3.05, 3.63) is 16.0 Å². The second kappa shape index (κ2) is 8.50. The molecular weight excluding hydrogens is 352 g/mol. The lowest BCUT2D eigenvalue weighted by Crippen LogP contribution is -3.15. The lowest BCUT2D eigenvalue weighted by molar-refractivity contribution is -0.914. The Morgan fingerprint density at radius 3 is 2.62 bits per heavy atom. The number of thiophene rings is 1. The monoisotopic (exact) mass is 381 g/mol. The maximum absolute atomic E-state index is 12.5.